The molecule has 8 heteroatoms. The van der Waals surface area contributed by atoms with Gasteiger partial charge >= 0.3 is 6.03 Å². The minimum atomic E-state index is -0.194. The van der Waals surface area contributed by atoms with Gasteiger partial charge in [0.25, 0.3) is 5.56 Å². The van der Waals surface area contributed by atoms with Crippen LogP contribution in [0.5, 0.6) is 0 Å². The molecule has 1 saturated carbocycles. The van der Waals surface area contributed by atoms with Crippen LogP contribution in [-0.4, -0.2) is 37.2 Å². The molecular weight excluding hydrogens is 368 g/mol. The molecule has 0 spiro atoms. The van der Waals surface area contributed by atoms with Crippen molar-refractivity contribution in [2.45, 2.75) is 51.1 Å². The van der Waals surface area contributed by atoms with E-state index in [-0.39, 0.29) is 17.6 Å². The molecule has 5 rings (SSSR count). The average molecular weight is 392 g/mol. The van der Waals surface area contributed by atoms with Crippen LogP contribution in [0.2, 0.25) is 0 Å². The summed E-state index contributed by atoms with van der Waals surface area (Å²) in [5, 5.41) is 13.2. The first-order chi connectivity index (χ1) is 14.1. The van der Waals surface area contributed by atoms with Crippen molar-refractivity contribution < 1.29 is 4.79 Å². The van der Waals surface area contributed by atoms with Crippen molar-refractivity contribution in [3.8, 4) is 0 Å². The molecule has 8 nitrogen and oxygen atoms in total. The summed E-state index contributed by atoms with van der Waals surface area (Å²) in [4.78, 5) is 29.4. The highest BCUT2D eigenvalue weighted by atomic mass is 16.2. The molecule has 2 aromatic heterocycles. The number of anilines is 1. The Morgan fingerprint density at radius 3 is 2.76 bits per heavy atom. The number of nitrogens with one attached hydrogen (secondary N) is 2. The monoisotopic (exact) mass is 392 g/mol. The molecule has 29 heavy (non-hydrogen) atoms. The van der Waals surface area contributed by atoms with E-state index in [0.29, 0.717) is 30.1 Å². The molecular formula is C21H24N6O2. The Kier molecular flexibility index (Phi) is 4.34. The second-order valence-corrected chi connectivity index (χ2v) is 7.96. The van der Waals surface area contributed by atoms with Crippen LogP contribution in [0.15, 0.2) is 35.3 Å². The van der Waals surface area contributed by atoms with E-state index in [1.165, 1.54) is 25.7 Å². The van der Waals surface area contributed by atoms with E-state index in [1.54, 1.807) is 17.2 Å². The maximum Gasteiger partial charge on any atom is 0.322 e. The number of nitrogens with zero attached hydrogens (tertiary/aromatic N) is 4. The molecule has 1 atom stereocenters. The Morgan fingerprint density at radius 1 is 1.14 bits per heavy atom. The van der Waals surface area contributed by atoms with Gasteiger partial charge in [-0.1, -0.05) is 18.9 Å². The van der Waals surface area contributed by atoms with Crippen LogP contribution in [0.25, 0.3) is 10.8 Å². The van der Waals surface area contributed by atoms with Crippen LogP contribution < -0.4 is 10.9 Å². The van der Waals surface area contributed by atoms with Crippen LogP contribution in [0.1, 0.15) is 56.2 Å². The number of amides is 2. The molecule has 0 radical (unpaired) electrons. The van der Waals surface area contributed by atoms with Gasteiger partial charge in [0.2, 0.25) is 0 Å². The van der Waals surface area contributed by atoms with E-state index in [4.69, 9.17) is 0 Å². The molecule has 150 valence electrons. The van der Waals surface area contributed by atoms with Gasteiger partial charge < -0.3 is 19.8 Å². The van der Waals surface area contributed by atoms with Crippen molar-refractivity contribution in [3.05, 3.63) is 52.5 Å². The van der Waals surface area contributed by atoms with Gasteiger partial charge in [0, 0.05) is 36.3 Å². The van der Waals surface area contributed by atoms with Gasteiger partial charge in [-0.2, -0.15) is 0 Å². The Morgan fingerprint density at radius 2 is 1.93 bits per heavy atom. The number of fused-ring (bicyclic) bond motifs is 2. The summed E-state index contributed by atoms with van der Waals surface area (Å²) in [7, 11) is 0. The smallest absolute Gasteiger partial charge is 0.322 e. The lowest BCUT2D eigenvalue weighted by Gasteiger charge is -2.34. The predicted octanol–water partition coefficient (Wildman–Crippen LogP) is 3.39. The molecule has 1 aliphatic carbocycles. The van der Waals surface area contributed by atoms with Crippen LogP contribution in [0.4, 0.5) is 10.5 Å². The number of urea groups is 1. The average Bonchev–Trinajstić information content (AvgIpc) is 3.38. The largest absolute Gasteiger partial charge is 0.329 e. The summed E-state index contributed by atoms with van der Waals surface area (Å²) in [5.41, 5.74) is 0.433. The molecule has 1 aliphatic heterocycles. The molecule has 1 unspecified atom stereocenters. The number of carbonyl (C=O) groups is 1. The lowest BCUT2D eigenvalue weighted by molar-refractivity contribution is 0.171. The Hall–Kier alpha value is -3.16. The summed E-state index contributed by atoms with van der Waals surface area (Å²) >= 11 is 0. The molecule has 3 aromatic rings. The van der Waals surface area contributed by atoms with Crippen molar-refractivity contribution in [1.82, 2.24) is 24.6 Å². The Balaban J connectivity index is 1.36. The van der Waals surface area contributed by atoms with E-state index in [1.807, 2.05) is 25.1 Å². The van der Waals surface area contributed by atoms with Gasteiger partial charge in [0.1, 0.15) is 5.82 Å². The molecule has 0 saturated heterocycles. The van der Waals surface area contributed by atoms with Gasteiger partial charge in [0.05, 0.1) is 6.04 Å². The SMILES string of the molecule is CC1c2nnc(C3CCCC3)n2CCN1C(=O)Nc1ccc2cc[nH]c(=O)c2c1. The maximum atomic E-state index is 12.9. The number of aromatic amines is 1. The highest BCUT2D eigenvalue weighted by Gasteiger charge is 2.33. The molecule has 1 fully saturated rings. The fourth-order valence-electron chi connectivity index (χ4n) is 4.63. The van der Waals surface area contributed by atoms with Gasteiger partial charge in [-0.05, 0) is 43.4 Å². The summed E-state index contributed by atoms with van der Waals surface area (Å²) in [6.45, 7) is 3.30. The first kappa shape index (κ1) is 17.9. The van der Waals surface area contributed by atoms with Gasteiger partial charge in [0.15, 0.2) is 5.82 Å². The fraction of sp³-hybridized carbons (Fsp3) is 0.429. The third-order valence-corrected chi connectivity index (χ3v) is 6.22. The molecule has 3 heterocycles. The second kappa shape index (κ2) is 7.02. The maximum absolute atomic E-state index is 12.9. The molecule has 1 aromatic carbocycles. The number of aromatic nitrogens is 4. The van der Waals surface area contributed by atoms with Crippen molar-refractivity contribution in [2.75, 3.05) is 11.9 Å². The highest BCUT2D eigenvalue weighted by molar-refractivity contribution is 5.93. The number of hydrogen-bond donors (Lipinski definition) is 2. The number of H-pyrrole nitrogens is 1. The number of rotatable bonds is 2. The van der Waals surface area contributed by atoms with E-state index in [0.717, 1.165) is 17.0 Å². The van der Waals surface area contributed by atoms with Crippen molar-refractivity contribution in [3.63, 3.8) is 0 Å². The molecule has 2 aliphatic rings. The fourth-order valence-corrected chi connectivity index (χ4v) is 4.63. The number of carbonyl (C=O) groups excluding carboxylic acids is 1. The summed E-state index contributed by atoms with van der Waals surface area (Å²) in [5.74, 6) is 2.43. The predicted molar refractivity (Wildman–Crippen MR) is 110 cm³/mol. The Bertz CT molecular complexity index is 1130. The van der Waals surface area contributed by atoms with E-state index in [9.17, 15) is 9.59 Å². The lowest BCUT2D eigenvalue weighted by Crippen LogP contribution is -2.43. The zero-order valence-corrected chi connectivity index (χ0v) is 16.4. The van der Waals surface area contributed by atoms with Crippen LogP contribution in [0.3, 0.4) is 0 Å². The molecule has 2 amide bonds. The number of pyridine rings is 1. The van der Waals surface area contributed by atoms with Gasteiger partial charge in [-0.15, -0.1) is 10.2 Å². The standard InChI is InChI=1S/C21H24N6O2/c1-13-18-24-25-19(15-4-2-3-5-15)27(18)11-10-26(13)21(29)23-16-7-6-14-8-9-22-20(28)17(14)12-16/h6-9,12-13,15H,2-5,10-11H2,1H3,(H,22,28)(H,23,29). The van der Waals surface area contributed by atoms with E-state index >= 15 is 0 Å². The zero-order chi connectivity index (χ0) is 20.0. The van der Waals surface area contributed by atoms with Gasteiger partial charge in [-0.3, -0.25) is 4.79 Å². The third-order valence-electron chi connectivity index (χ3n) is 6.22. The third kappa shape index (κ3) is 3.08. The van der Waals surface area contributed by atoms with Crippen LogP contribution >= 0.6 is 0 Å². The van der Waals surface area contributed by atoms with Crippen LogP contribution in [-0.2, 0) is 6.54 Å². The highest BCUT2D eigenvalue weighted by Crippen LogP contribution is 2.35. The van der Waals surface area contributed by atoms with Gasteiger partial charge in [-0.25, -0.2) is 4.79 Å². The number of benzene rings is 1. The van der Waals surface area contributed by atoms with Crippen LogP contribution in [0, 0.1) is 0 Å². The minimum absolute atomic E-state index is 0.157. The number of hydrogen-bond acceptors (Lipinski definition) is 4. The quantitative estimate of drug-likeness (QED) is 0.699. The lowest BCUT2D eigenvalue weighted by atomic mass is 10.1. The minimum Gasteiger partial charge on any atom is -0.329 e. The molecule has 0 bridgehead atoms. The summed E-state index contributed by atoms with van der Waals surface area (Å²) in [6, 6.07) is 6.85. The summed E-state index contributed by atoms with van der Waals surface area (Å²) < 4.78 is 2.21. The zero-order valence-electron chi connectivity index (χ0n) is 16.4. The van der Waals surface area contributed by atoms with E-state index in [2.05, 4.69) is 25.1 Å². The van der Waals surface area contributed by atoms with E-state index < -0.39 is 0 Å². The first-order valence-corrected chi connectivity index (χ1v) is 10.2. The van der Waals surface area contributed by atoms with Crippen molar-refractivity contribution in [1.29, 1.82) is 0 Å². The molecule has 2 N–H and O–H groups in total. The summed E-state index contributed by atoms with van der Waals surface area (Å²) in [6.07, 6.45) is 6.49. The second-order valence-electron chi connectivity index (χ2n) is 7.96. The first-order valence-electron chi connectivity index (χ1n) is 10.2. The Labute approximate surface area is 167 Å². The van der Waals surface area contributed by atoms with Crippen molar-refractivity contribution in [2.24, 2.45) is 0 Å². The van der Waals surface area contributed by atoms with Crippen molar-refractivity contribution >= 4 is 22.5 Å². The topological polar surface area (TPSA) is 95.9 Å². The normalized spacial score (nSPS) is 19.5.